The summed E-state index contributed by atoms with van der Waals surface area (Å²) < 4.78 is 10.2. The summed E-state index contributed by atoms with van der Waals surface area (Å²) in [7, 11) is 0. The molecule has 1 aromatic carbocycles. The molecule has 2 rings (SSSR count). The van der Waals surface area contributed by atoms with E-state index in [2.05, 4.69) is 0 Å². The Balaban J connectivity index is 1.84. The molecule has 2 atom stereocenters. The molecule has 1 N–H and O–H groups in total. The van der Waals surface area contributed by atoms with Crippen molar-refractivity contribution in [3.8, 4) is 5.75 Å². The Morgan fingerprint density at radius 2 is 2.07 bits per heavy atom. The largest absolute Gasteiger partial charge is 0.491 e. The van der Waals surface area contributed by atoms with Crippen LogP contribution in [0.3, 0.4) is 0 Å². The molecule has 0 spiro atoms. The van der Waals surface area contributed by atoms with Gasteiger partial charge in [0.1, 0.15) is 18.5 Å². The molecule has 1 aliphatic rings. The van der Waals surface area contributed by atoms with Crippen LogP contribution >= 0.6 is 11.8 Å². The Morgan fingerprint density at radius 3 is 2.57 bits per heavy atom. The Bertz CT molecular complexity index is 299. The molecule has 0 amide bonds. The highest BCUT2D eigenvalue weighted by Gasteiger charge is 2.37. The minimum absolute atomic E-state index is 0.143. The predicted octanol–water partition coefficient (Wildman–Crippen LogP) is 1.50. The van der Waals surface area contributed by atoms with Crippen LogP contribution in [0.4, 0.5) is 0 Å². The van der Waals surface area contributed by atoms with Crippen LogP contribution in [0.15, 0.2) is 29.2 Å². The SMILES string of the molecule is CSc1ccc(OC[C@@H]2O[C@H]2O)cc1. The van der Waals surface area contributed by atoms with E-state index in [1.807, 2.05) is 30.5 Å². The first kappa shape index (κ1) is 9.83. The minimum atomic E-state index is -0.625. The van der Waals surface area contributed by atoms with Crippen LogP contribution in [0, 0.1) is 0 Å². The average Bonchev–Trinajstić information content (AvgIpc) is 2.92. The number of hydrogen-bond donors (Lipinski definition) is 1. The molecule has 1 fully saturated rings. The van der Waals surface area contributed by atoms with Crippen molar-refractivity contribution in [1.29, 1.82) is 0 Å². The number of aliphatic hydroxyl groups is 1. The maximum atomic E-state index is 8.88. The van der Waals surface area contributed by atoms with E-state index in [0.29, 0.717) is 6.61 Å². The van der Waals surface area contributed by atoms with Crippen molar-refractivity contribution in [3.63, 3.8) is 0 Å². The molecule has 0 aromatic heterocycles. The van der Waals surface area contributed by atoms with Gasteiger partial charge in [-0.3, -0.25) is 0 Å². The first-order valence-corrected chi connectivity index (χ1v) is 5.62. The van der Waals surface area contributed by atoms with Gasteiger partial charge in [-0.05, 0) is 30.5 Å². The van der Waals surface area contributed by atoms with Gasteiger partial charge in [0, 0.05) is 4.90 Å². The molecule has 3 nitrogen and oxygen atoms in total. The maximum absolute atomic E-state index is 8.88. The molecule has 0 bridgehead atoms. The summed E-state index contributed by atoms with van der Waals surface area (Å²) in [5, 5.41) is 8.88. The van der Waals surface area contributed by atoms with Crippen LogP contribution in [-0.4, -0.2) is 30.4 Å². The number of thioether (sulfide) groups is 1. The van der Waals surface area contributed by atoms with Crippen molar-refractivity contribution in [3.05, 3.63) is 24.3 Å². The van der Waals surface area contributed by atoms with E-state index in [4.69, 9.17) is 14.6 Å². The third-order valence-corrected chi connectivity index (χ3v) is 2.77. The Hall–Kier alpha value is -0.710. The van der Waals surface area contributed by atoms with Crippen LogP contribution in [0.2, 0.25) is 0 Å². The van der Waals surface area contributed by atoms with Crippen molar-refractivity contribution >= 4 is 11.8 Å². The standard InChI is InChI=1S/C10H12O3S/c1-14-8-4-2-7(3-5-8)12-6-9-10(11)13-9/h2-5,9-11H,6H2,1H3/t9-,10+/m0/s1. The van der Waals surface area contributed by atoms with Crippen LogP contribution in [0.5, 0.6) is 5.75 Å². The van der Waals surface area contributed by atoms with Gasteiger partial charge in [-0.1, -0.05) is 0 Å². The van der Waals surface area contributed by atoms with E-state index in [9.17, 15) is 0 Å². The van der Waals surface area contributed by atoms with Gasteiger partial charge >= 0.3 is 0 Å². The van der Waals surface area contributed by atoms with Gasteiger partial charge in [0.25, 0.3) is 0 Å². The fourth-order valence-corrected chi connectivity index (χ4v) is 1.51. The van der Waals surface area contributed by atoms with Gasteiger partial charge in [-0.15, -0.1) is 11.8 Å². The third-order valence-electron chi connectivity index (χ3n) is 2.03. The van der Waals surface area contributed by atoms with Crippen LogP contribution in [0.25, 0.3) is 0 Å². The molecular formula is C10H12O3S. The van der Waals surface area contributed by atoms with Crippen molar-refractivity contribution in [2.45, 2.75) is 17.3 Å². The first-order valence-electron chi connectivity index (χ1n) is 4.40. The van der Waals surface area contributed by atoms with E-state index in [0.717, 1.165) is 5.75 Å². The highest BCUT2D eigenvalue weighted by molar-refractivity contribution is 7.98. The lowest BCUT2D eigenvalue weighted by atomic mass is 10.3. The summed E-state index contributed by atoms with van der Waals surface area (Å²) in [6.07, 6.45) is 1.26. The number of aliphatic hydroxyl groups excluding tert-OH is 1. The zero-order valence-corrected chi connectivity index (χ0v) is 8.66. The highest BCUT2D eigenvalue weighted by atomic mass is 32.2. The Morgan fingerprint density at radius 1 is 1.43 bits per heavy atom. The predicted molar refractivity (Wildman–Crippen MR) is 54.6 cm³/mol. The van der Waals surface area contributed by atoms with E-state index >= 15 is 0 Å². The van der Waals surface area contributed by atoms with E-state index in [-0.39, 0.29) is 6.10 Å². The van der Waals surface area contributed by atoms with Gasteiger partial charge in [0.15, 0.2) is 6.29 Å². The fraction of sp³-hybridized carbons (Fsp3) is 0.400. The van der Waals surface area contributed by atoms with Gasteiger partial charge in [-0.2, -0.15) is 0 Å². The highest BCUT2D eigenvalue weighted by Crippen LogP contribution is 2.22. The lowest BCUT2D eigenvalue weighted by molar-refractivity contribution is 0.155. The van der Waals surface area contributed by atoms with Gasteiger partial charge < -0.3 is 14.6 Å². The minimum Gasteiger partial charge on any atom is -0.491 e. The molecular weight excluding hydrogens is 200 g/mol. The maximum Gasteiger partial charge on any atom is 0.185 e. The zero-order valence-electron chi connectivity index (χ0n) is 7.84. The molecule has 0 radical (unpaired) electrons. The van der Waals surface area contributed by atoms with E-state index < -0.39 is 6.29 Å². The lowest BCUT2D eigenvalue weighted by Gasteiger charge is -2.04. The van der Waals surface area contributed by atoms with Crippen LogP contribution in [-0.2, 0) is 4.74 Å². The Kier molecular flexibility index (Phi) is 2.96. The van der Waals surface area contributed by atoms with Gasteiger partial charge in [-0.25, -0.2) is 0 Å². The summed E-state index contributed by atoms with van der Waals surface area (Å²) in [6, 6.07) is 7.84. The second kappa shape index (κ2) is 4.21. The second-order valence-electron chi connectivity index (χ2n) is 3.05. The summed E-state index contributed by atoms with van der Waals surface area (Å²) >= 11 is 1.69. The summed E-state index contributed by atoms with van der Waals surface area (Å²) in [5.41, 5.74) is 0. The van der Waals surface area contributed by atoms with E-state index in [1.165, 1.54) is 4.90 Å². The van der Waals surface area contributed by atoms with Crippen LogP contribution < -0.4 is 4.74 Å². The van der Waals surface area contributed by atoms with Crippen molar-refractivity contribution in [2.24, 2.45) is 0 Å². The first-order chi connectivity index (χ1) is 6.79. The van der Waals surface area contributed by atoms with Gasteiger partial charge in [0.05, 0.1) is 0 Å². The number of ether oxygens (including phenoxy) is 2. The molecule has 1 aromatic rings. The topological polar surface area (TPSA) is 42.0 Å². The number of hydrogen-bond acceptors (Lipinski definition) is 4. The molecule has 14 heavy (non-hydrogen) atoms. The zero-order chi connectivity index (χ0) is 9.97. The average molecular weight is 212 g/mol. The van der Waals surface area contributed by atoms with Crippen molar-refractivity contribution in [1.82, 2.24) is 0 Å². The smallest absolute Gasteiger partial charge is 0.185 e. The normalized spacial score (nSPS) is 24.7. The number of rotatable bonds is 4. The molecule has 1 saturated heterocycles. The summed E-state index contributed by atoms with van der Waals surface area (Å²) in [6.45, 7) is 0.416. The molecule has 0 saturated carbocycles. The monoisotopic (exact) mass is 212 g/mol. The molecule has 0 unspecified atom stereocenters. The lowest BCUT2D eigenvalue weighted by Crippen LogP contribution is -2.06. The van der Waals surface area contributed by atoms with E-state index in [1.54, 1.807) is 11.8 Å². The second-order valence-corrected chi connectivity index (χ2v) is 3.93. The third kappa shape index (κ3) is 2.41. The summed E-state index contributed by atoms with van der Waals surface area (Å²) in [4.78, 5) is 1.21. The van der Waals surface area contributed by atoms with Gasteiger partial charge in [0.2, 0.25) is 0 Å². The van der Waals surface area contributed by atoms with Crippen molar-refractivity contribution < 1.29 is 14.6 Å². The number of benzene rings is 1. The molecule has 4 heteroatoms. The summed E-state index contributed by atoms with van der Waals surface area (Å²) in [5.74, 6) is 0.811. The Labute approximate surface area is 87.0 Å². The quantitative estimate of drug-likeness (QED) is 0.606. The molecule has 1 heterocycles. The van der Waals surface area contributed by atoms with Crippen LogP contribution in [0.1, 0.15) is 0 Å². The fourth-order valence-electron chi connectivity index (χ4n) is 1.11. The molecule has 0 aliphatic carbocycles. The molecule has 76 valence electrons. The molecule has 1 aliphatic heterocycles. The number of epoxide rings is 1. The van der Waals surface area contributed by atoms with Crippen molar-refractivity contribution in [2.75, 3.05) is 12.9 Å².